The van der Waals surface area contributed by atoms with Crippen LogP contribution in [0.2, 0.25) is 5.15 Å². The van der Waals surface area contributed by atoms with Crippen LogP contribution < -0.4 is 10.2 Å². The van der Waals surface area contributed by atoms with Gasteiger partial charge in [0, 0.05) is 31.5 Å². The zero-order valence-corrected chi connectivity index (χ0v) is 12.7. The first-order chi connectivity index (χ1) is 10.3. The standard InChI is InChI=1S/C13H13ClN6S/c14-11-10(8-15)12(21-19-11)18-9-2-6-20(7-3-9)13-16-4-1-5-17-13/h1,4-5,9,18H,2-3,6-7H2. The van der Waals surface area contributed by atoms with Gasteiger partial charge in [-0.15, -0.1) is 0 Å². The number of nitrogens with zero attached hydrogens (tertiary/aromatic N) is 5. The molecular weight excluding hydrogens is 308 g/mol. The maximum atomic E-state index is 9.08. The summed E-state index contributed by atoms with van der Waals surface area (Å²) in [5, 5.41) is 13.5. The van der Waals surface area contributed by atoms with E-state index in [0.717, 1.165) is 36.9 Å². The molecule has 108 valence electrons. The van der Waals surface area contributed by atoms with Crippen molar-refractivity contribution in [3.63, 3.8) is 0 Å². The molecule has 0 saturated carbocycles. The topological polar surface area (TPSA) is 77.7 Å². The first-order valence-corrected chi connectivity index (χ1v) is 7.77. The molecule has 3 rings (SSSR count). The van der Waals surface area contributed by atoms with Crippen LogP contribution in [0, 0.1) is 11.3 Å². The summed E-state index contributed by atoms with van der Waals surface area (Å²) in [5.41, 5.74) is 0.440. The highest BCUT2D eigenvalue weighted by molar-refractivity contribution is 7.10. The van der Waals surface area contributed by atoms with Crippen molar-refractivity contribution in [2.24, 2.45) is 0 Å². The van der Waals surface area contributed by atoms with Crippen LogP contribution in [0.5, 0.6) is 0 Å². The molecule has 0 unspecified atom stereocenters. The van der Waals surface area contributed by atoms with E-state index in [9.17, 15) is 0 Å². The summed E-state index contributed by atoms with van der Waals surface area (Å²) in [7, 11) is 0. The van der Waals surface area contributed by atoms with Crippen LogP contribution in [0.1, 0.15) is 18.4 Å². The molecule has 0 atom stereocenters. The summed E-state index contributed by atoms with van der Waals surface area (Å²) < 4.78 is 4.01. The summed E-state index contributed by atoms with van der Waals surface area (Å²) in [6.45, 7) is 1.77. The molecule has 21 heavy (non-hydrogen) atoms. The lowest BCUT2D eigenvalue weighted by Crippen LogP contribution is -2.39. The third-order valence-electron chi connectivity index (χ3n) is 3.43. The Kier molecular flexibility index (Phi) is 4.18. The van der Waals surface area contributed by atoms with Gasteiger partial charge < -0.3 is 10.2 Å². The fourth-order valence-electron chi connectivity index (χ4n) is 2.33. The lowest BCUT2D eigenvalue weighted by Gasteiger charge is -2.32. The summed E-state index contributed by atoms with van der Waals surface area (Å²) in [6, 6.07) is 4.22. The van der Waals surface area contributed by atoms with Crippen LogP contribution in [-0.2, 0) is 0 Å². The van der Waals surface area contributed by atoms with E-state index in [1.807, 2.05) is 6.07 Å². The van der Waals surface area contributed by atoms with Gasteiger partial charge in [0.05, 0.1) is 0 Å². The van der Waals surface area contributed by atoms with Gasteiger partial charge in [-0.2, -0.15) is 9.64 Å². The minimum Gasteiger partial charge on any atom is -0.372 e. The lowest BCUT2D eigenvalue weighted by molar-refractivity contribution is 0.520. The van der Waals surface area contributed by atoms with E-state index in [1.165, 1.54) is 11.5 Å². The third-order valence-corrected chi connectivity index (χ3v) is 4.58. The summed E-state index contributed by atoms with van der Waals surface area (Å²) in [4.78, 5) is 10.7. The zero-order valence-electron chi connectivity index (χ0n) is 11.2. The normalized spacial score (nSPS) is 15.7. The van der Waals surface area contributed by atoms with Crippen molar-refractivity contribution in [2.45, 2.75) is 18.9 Å². The SMILES string of the molecule is N#Cc1c(Cl)nsc1NC1CCN(c2ncccn2)CC1. The molecule has 0 bridgehead atoms. The van der Waals surface area contributed by atoms with Gasteiger partial charge in [0.1, 0.15) is 16.6 Å². The molecule has 1 aliphatic heterocycles. The molecule has 8 heteroatoms. The van der Waals surface area contributed by atoms with Crippen LogP contribution >= 0.6 is 23.1 Å². The van der Waals surface area contributed by atoms with Crippen molar-refractivity contribution in [3.8, 4) is 6.07 Å². The van der Waals surface area contributed by atoms with Crippen LogP contribution in [0.15, 0.2) is 18.5 Å². The predicted molar refractivity (Wildman–Crippen MR) is 82.7 cm³/mol. The van der Waals surface area contributed by atoms with Crippen LogP contribution in [-0.4, -0.2) is 33.5 Å². The molecule has 1 saturated heterocycles. The number of halogens is 1. The van der Waals surface area contributed by atoms with E-state index in [0.29, 0.717) is 11.6 Å². The molecule has 0 radical (unpaired) electrons. The van der Waals surface area contributed by atoms with E-state index in [1.54, 1.807) is 12.4 Å². The molecule has 0 aromatic carbocycles. The Morgan fingerprint density at radius 1 is 1.33 bits per heavy atom. The first-order valence-electron chi connectivity index (χ1n) is 6.61. The van der Waals surface area contributed by atoms with E-state index < -0.39 is 0 Å². The van der Waals surface area contributed by atoms with E-state index in [2.05, 4.69) is 30.6 Å². The van der Waals surface area contributed by atoms with Crippen molar-refractivity contribution in [2.75, 3.05) is 23.3 Å². The zero-order chi connectivity index (χ0) is 14.7. The smallest absolute Gasteiger partial charge is 0.225 e. The molecule has 1 aliphatic rings. The molecule has 2 aromatic rings. The van der Waals surface area contributed by atoms with Gasteiger partial charge in [0.2, 0.25) is 5.95 Å². The number of piperidine rings is 1. The average molecular weight is 321 g/mol. The second-order valence-corrected chi connectivity index (χ2v) is 5.88. The summed E-state index contributed by atoms with van der Waals surface area (Å²) in [5.74, 6) is 0.773. The fraction of sp³-hybridized carbons (Fsp3) is 0.385. The van der Waals surface area contributed by atoms with Crippen LogP contribution in [0.3, 0.4) is 0 Å². The molecule has 6 nitrogen and oxygen atoms in total. The highest BCUT2D eigenvalue weighted by atomic mass is 35.5. The van der Waals surface area contributed by atoms with E-state index in [4.69, 9.17) is 16.9 Å². The number of rotatable bonds is 3. The Morgan fingerprint density at radius 2 is 2.05 bits per heavy atom. The molecule has 0 aliphatic carbocycles. The highest BCUT2D eigenvalue weighted by Gasteiger charge is 2.22. The van der Waals surface area contributed by atoms with E-state index in [-0.39, 0.29) is 5.15 Å². The number of nitrogens with one attached hydrogen (secondary N) is 1. The van der Waals surface area contributed by atoms with Gasteiger partial charge in [0.25, 0.3) is 0 Å². The number of anilines is 2. The number of hydrogen-bond acceptors (Lipinski definition) is 7. The number of aromatic nitrogens is 3. The van der Waals surface area contributed by atoms with Gasteiger partial charge in [-0.25, -0.2) is 9.97 Å². The monoisotopic (exact) mass is 320 g/mol. The minimum absolute atomic E-state index is 0.278. The van der Waals surface area contributed by atoms with Gasteiger partial charge in [0.15, 0.2) is 5.15 Å². The predicted octanol–water partition coefficient (Wildman–Crippen LogP) is 2.54. The van der Waals surface area contributed by atoms with Crippen LogP contribution in [0.4, 0.5) is 10.9 Å². The largest absolute Gasteiger partial charge is 0.372 e. The van der Waals surface area contributed by atoms with Crippen molar-refractivity contribution in [1.82, 2.24) is 14.3 Å². The van der Waals surface area contributed by atoms with Crippen molar-refractivity contribution in [3.05, 3.63) is 29.2 Å². The molecule has 0 amide bonds. The fourth-order valence-corrected chi connectivity index (χ4v) is 3.34. The van der Waals surface area contributed by atoms with Gasteiger partial charge in [-0.1, -0.05) is 11.6 Å². The average Bonchev–Trinajstić information content (AvgIpc) is 2.89. The van der Waals surface area contributed by atoms with Crippen molar-refractivity contribution < 1.29 is 0 Å². The summed E-state index contributed by atoms with van der Waals surface area (Å²) >= 11 is 7.12. The van der Waals surface area contributed by atoms with Gasteiger partial charge in [-0.3, -0.25) is 0 Å². The molecular formula is C13H13ClN6S. The van der Waals surface area contributed by atoms with E-state index >= 15 is 0 Å². The van der Waals surface area contributed by atoms with Crippen molar-refractivity contribution in [1.29, 1.82) is 5.26 Å². The number of hydrogen-bond donors (Lipinski definition) is 1. The third kappa shape index (κ3) is 3.06. The van der Waals surface area contributed by atoms with Crippen molar-refractivity contribution >= 4 is 34.1 Å². The van der Waals surface area contributed by atoms with Crippen LogP contribution in [0.25, 0.3) is 0 Å². The van der Waals surface area contributed by atoms with Gasteiger partial charge >= 0.3 is 0 Å². The summed E-state index contributed by atoms with van der Waals surface area (Å²) in [6.07, 6.45) is 5.42. The molecule has 1 N–H and O–H groups in total. The molecule has 1 fully saturated rings. The molecule has 0 spiro atoms. The number of nitriles is 1. The Morgan fingerprint density at radius 3 is 2.71 bits per heavy atom. The maximum Gasteiger partial charge on any atom is 0.225 e. The second-order valence-electron chi connectivity index (χ2n) is 4.74. The maximum absolute atomic E-state index is 9.08. The highest BCUT2D eigenvalue weighted by Crippen LogP contribution is 2.29. The minimum atomic E-state index is 0.278. The Bertz CT molecular complexity index is 644. The van der Waals surface area contributed by atoms with Gasteiger partial charge in [-0.05, 0) is 30.4 Å². The quantitative estimate of drug-likeness (QED) is 0.936. The second kappa shape index (κ2) is 6.24. The molecule has 3 heterocycles. The Labute approximate surface area is 131 Å². The first kappa shape index (κ1) is 14.0. The Hall–Kier alpha value is -1.91. The Balaban J connectivity index is 1.60. The lowest BCUT2D eigenvalue weighted by atomic mass is 10.1. The molecule has 2 aromatic heterocycles.